The van der Waals surface area contributed by atoms with Gasteiger partial charge in [-0.15, -0.1) is 0 Å². The summed E-state index contributed by atoms with van der Waals surface area (Å²) in [5.41, 5.74) is 4.86. The zero-order valence-electron chi connectivity index (χ0n) is 17.9. The molecule has 1 aliphatic heterocycles. The van der Waals surface area contributed by atoms with E-state index in [0.29, 0.717) is 0 Å². The van der Waals surface area contributed by atoms with Crippen molar-refractivity contribution >= 4 is 11.0 Å². The highest BCUT2D eigenvalue weighted by Gasteiger charge is 2.15. The molecule has 1 aromatic heterocycles. The fraction of sp³-hybridized carbons (Fsp3) is 0.480. The number of likely N-dealkylation sites (tertiary alicyclic amines) is 1. The maximum absolute atomic E-state index is 6.09. The molecule has 0 amide bonds. The van der Waals surface area contributed by atoms with Gasteiger partial charge in [-0.3, -0.25) is 4.90 Å². The van der Waals surface area contributed by atoms with Crippen LogP contribution in [0, 0.1) is 13.8 Å². The lowest BCUT2D eigenvalue weighted by Gasteiger charge is -2.20. The summed E-state index contributed by atoms with van der Waals surface area (Å²) in [4.78, 5) is 7.56. The summed E-state index contributed by atoms with van der Waals surface area (Å²) in [6.45, 7) is 9.27. The Morgan fingerprint density at radius 1 is 0.931 bits per heavy atom. The smallest absolute Gasteiger partial charge is 0.124 e. The molecule has 4 rings (SSSR count). The molecule has 2 heterocycles. The molecule has 0 radical (unpaired) electrons. The first kappa shape index (κ1) is 20.0. The van der Waals surface area contributed by atoms with Crippen molar-refractivity contribution in [2.24, 2.45) is 0 Å². The van der Waals surface area contributed by atoms with E-state index in [9.17, 15) is 0 Å². The SMILES string of the molecule is Cc1cccc(OCCCn2c(CN3CCCCCC3)nc3ccccc32)c1C. The Hall–Kier alpha value is -2.33. The second kappa shape index (κ2) is 9.45. The lowest BCUT2D eigenvalue weighted by atomic mass is 10.1. The molecule has 0 unspecified atom stereocenters. The molecule has 0 N–H and O–H groups in total. The van der Waals surface area contributed by atoms with Gasteiger partial charge in [0.25, 0.3) is 0 Å². The highest BCUT2D eigenvalue weighted by molar-refractivity contribution is 5.75. The molecular formula is C25H33N3O. The van der Waals surface area contributed by atoms with Crippen molar-refractivity contribution in [3.05, 3.63) is 59.4 Å². The Labute approximate surface area is 174 Å². The van der Waals surface area contributed by atoms with Gasteiger partial charge in [0.05, 0.1) is 24.2 Å². The van der Waals surface area contributed by atoms with Crippen molar-refractivity contribution in [1.82, 2.24) is 14.5 Å². The second-order valence-corrected chi connectivity index (χ2v) is 8.26. The number of para-hydroxylation sites is 2. The zero-order valence-corrected chi connectivity index (χ0v) is 17.9. The maximum Gasteiger partial charge on any atom is 0.124 e. The summed E-state index contributed by atoms with van der Waals surface area (Å²) in [6.07, 6.45) is 6.32. The van der Waals surface area contributed by atoms with E-state index in [-0.39, 0.29) is 0 Å². The van der Waals surface area contributed by atoms with Crippen LogP contribution in [0.15, 0.2) is 42.5 Å². The molecule has 1 fully saturated rings. The number of aromatic nitrogens is 2. The predicted molar refractivity (Wildman–Crippen MR) is 120 cm³/mol. The third-order valence-electron chi connectivity index (χ3n) is 6.14. The lowest BCUT2D eigenvalue weighted by molar-refractivity contribution is 0.263. The van der Waals surface area contributed by atoms with E-state index in [1.54, 1.807) is 0 Å². The Morgan fingerprint density at radius 3 is 2.55 bits per heavy atom. The standard InChI is InChI=1S/C25H33N3O/c1-20-11-9-14-24(21(20)2)29-18-10-17-28-23-13-6-5-12-22(23)26-25(28)19-27-15-7-3-4-8-16-27/h5-6,9,11-14H,3-4,7-8,10,15-19H2,1-2H3. The van der Waals surface area contributed by atoms with Gasteiger partial charge in [0.1, 0.15) is 11.6 Å². The van der Waals surface area contributed by atoms with Gasteiger partial charge < -0.3 is 9.30 Å². The summed E-state index contributed by atoms with van der Waals surface area (Å²) >= 11 is 0. The molecule has 1 aliphatic rings. The van der Waals surface area contributed by atoms with Crippen molar-refractivity contribution in [3.63, 3.8) is 0 Å². The van der Waals surface area contributed by atoms with Crippen molar-refractivity contribution in [3.8, 4) is 5.75 Å². The van der Waals surface area contributed by atoms with Gasteiger partial charge in [0.15, 0.2) is 0 Å². The van der Waals surface area contributed by atoms with E-state index in [4.69, 9.17) is 9.72 Å². The number of benzene rings is 2. The molecule has 1 saturated heterocycles. The van der Waals surface area contributed by atoms with Crippen LogP contribution in [-0.4, -0.2) is 34.1 Å². The van der Waals surface area contributed by atoms with Gasteiger partial charge >= 0.3 is 0 Å². The zero-order chi connectivity index (χ0) is 20.1. The van der Waals surface area contributed by atoms with E-state index >= 15 is 0 Å². The molecule has 0 spiro atoms. The Morgan fingerprint density at radius 2 is 1.72 bits per heavy atom. The van der Waals surface area contributed by atoms with Crippen LogP contribution in [0.2, 0.25) is 0 Å². The largest absolute Gasteiger partial charge is 0.493 e. The highest BCUT2D eigenvalue weighted by atomic mass is 16.5. The Bertz CT molecular complexity index is 938. The van der Waals surface area contributed by atoms with Crippen LogP contribution in [-0.2, 0) is 13.1 Å². The molecule has 3 aromatic rings. The molecule has 4 nitrogen and oxygen atoms in total. The van der Waals surface area contributed by atoms with Gasteiger partial charge in [-0.25, -0.2) is 4.98 Å². The molecule has 2 aromatic carbocycles. The molecule has 0 saturated carbocycles. The summed E-state index contributed by atoms with van der Waals surface area (Å²) in [6, 6.07) is 14.8. The van der Waals surface area contributed by atoms with Crippen LogP contribution in [0.3, 0.4) is 0 Å². The van der Waals surface area contributed by atoms with Gasteiger partial charge in [-0.1, -0.05) is 37.1 Å². The Kier molecular flexibility index (Phi) is 6.50. The molecule has 0 atom stereocenters. The number of hydrogen-bond acceptors (Lipinski definition) is 3. The number of ether oxygens (including phenoxy) is 1. The van der Waals surface area contributed by atoms with Crippen LogP contribution in [0.4, 0.5) is 0 Å². The first-order chi connectivity index (χ1) is 14.2. The molecule has 4 heteroatoms. The normalized spacial score (nSPS) is 15.5. The maximum atomic E-state index is 6.09. The minimum absolute atomic E-state index is 0.722. The number of imidazole rings is 1. The van der Waals surface area contributed by atoms with Gasteiger partial charge in [0.2, 0.25) is 0 Å². The van der Waals surface area contributed by atoms with Crippen molar-refractivity contribution in [2.75, 3.05) is 19.7 Å². The van der Waals surface area contributed by atoms with Crippen LogP contribution in [0.1, 0.15) is 49.1 Å². The fourth-order valence-electron chi connectivity index (χ4n) is 4.28. The molecule has 0 bridgehead atoms. The average Bonchev–Trinajstić information content (AvgIpc) is 2.88. The topological polar surface area (TPSA) is 30.3 Å². The first-order valence-corrected chi connectivity index (χ1v) is 11.1. The van der Waals surface area contributed by atoms with E-state index in [1.807, 2.05) is 0 Å². The summed E-state index contributed by atoms with van der Waals surface area (Å²) < 4.78 is 8.50. The predicted octanol–water partition coefficient (Wildman–Crippen LogP) is 5.50. The first-order valence-electron chi connectivity index (χ1n) is 11.1. The summed E-state index contributed by atoms with van der Waals surface area (Å²) in [5.74, 6) is 2.20. The van der Waals surface area contributed by atoms with Gasteiger partial charge in [-0.2, -0.15) is 0 Å². The van der Waals surface area contributed by atoms with Crippen molar-refractivity contribution in [2.45, 2.75) is 59.0 Å². The minimum atomic E-state index is 0.722. The summed E-state index contributed by atoms with van der Waals surface area (Å²) in [7, 11) is 0. The lowest BCUT2D eigenvalue weighted by Crippen LogP contribution is -2.26. The van der Waals surface area contributed by atoms with E-state index < -0.39 is 0 Å². The number of rotatable bonds is 7. The summed E-state index contributed by atoms with van der Waals surface area (Å²) in [5, 5.41) is 0. The van der Waals surface area contributed by atoms with Crippen LogP contribution >= 0.6 is 0 Å². The Balaban J connectivity index is 1.44. The quantitative estimate of drug-likeness (QED) is 0.498. The highest BCUT2D eigenvalue weighted by Crippen LogP contribution is 2.22. The number of hydrogen-bond donors (Lipinski definition) is 0. The molecule has 0 aliphatic carbocycles. The fourth-order valence-corrected chi connectivity index (χ4v) is 4.28. The number of aryl methyl sites for hydroxylation is 2. The van der Waals surface area contributed by atoms with E-state index in [1.165, 1.54) is 61.2 Å². The van der Waals surface area contributed by atoms with Crippen molar-refractivity contribution < 1.29 is 4.74 Å². The average molecular weight is 392 g/mol. The van der Waals surface area contributed by atoms with E-state index in [2.05, 4.69) is 65.8 Å². The van der Waals surface area contributed by atoms with Crippen molar-refractivity contribution in [1.29, 1.82) is 0 Å². The third-order valence-corrected chi connectivity index (χ3v) is 6.14. The van der Waals surface area contributed by atoms with Gasteiger partial charge in [0, 0.05) is 6.54 Å². The second-order valence-electron chi connectivity index (χ2n) is 8.26. The molecule has 29 heavy (non-hydrogen) atoms. The number of nitrogens with zero attached hydrogens (tertiary/aromatic N) is 3. The van der Waals surface area contributed by atoms with Crippen LogP contribution < -0.4 is 4.74 Å². The molecular weight excluding hydrogens is 358 g/mol. The molecule has 154 valence electrons. The van der Waals surface area contributed by atoms with E-state index in [0.717, 1.165) is 37.4 Å². The van der Waals surface area contributed by atoms with Crippen LogP contribution in [0.25, 0.3) is 11.0 Å². The number of fused-ring (bicyclic) bond motifs is 1. The van der Waals surface area contributed by atoms with Crippen LogP contribution in [0.5, 0.6) is 5.75 Å². The minimum Gasteiger partial charge on any atom is -0.493 e. The third kappa shape index (κ3) is 4.81. The monoisotopic (exact) mass is 391 g/mol. The van der Waals surface area contributed by atoms with Gasteiger partial charge in [-0.05, 0) is 75.5 Å².